The lowest BCUT2D eigenvalue weighted by molar-refractivity contribution is -0.151. The summed E-state index contributed by atoms with van der Waals surface area (Å²) < 4.78 is 5.16. The first-order chi connectivity index (χ1) is 13.0. The van der Waals surface area contributed by atoms with Crippen molar-refractivity contribution in [1.82, 2.24) is 4.90 Å². The molecule has 0 radical (unpaired) electrons. The number of nitrogens with zero attached hydrogens (tertiary/aromatic N) is 2. The van der Waals surface area contributed by atoms with E-state index in [4.69, 9.17) is 4.74 Å². The van der Waals surface area contributed by atoms with Gasteiger partial charge in [0.15, 0.2) is 0 Å². The third kappa shape index (κ3) is 5.96. The summed E-state index contributed by atoms with van der Waals surface area (Å²) in [5.41, 5.74) is 1.91. The van der Waals surface area contributed by atoms with Gasteiger partial charge in [-0.2, -0.15) is 0 Å². The maximum atomic E-state index is 12.5. The first-order valence-electron chi connectivity index (χ1n) is 10.0. The van der Waals surface area contributed by atoms with Crippen LogP contribution >= 0.6 is 0 Å². The van der Waals surface area contributed by atoms with E-state index in [1.54, 1.807) is 6.92 Å². The number of amides is 1. The van der Waals surface area contributed by atoms with Crippen molar-refractivity contribution in [2.75, 3.05) is 36.5 Å². The third-order valence-corrected chi connectivity index (χ3v) is 4.97. The molecule has 1 fully saturated rings. The Bertz CT molecular complexity index is 616. The van der Waals surface area contributed by atoms with Crippen LogP contribution in [-0.2, 0) is 14.3 Å². The second-order valence-electron chi connectivity index (χ2n) is 7.21. The molecular weight excluding hydrogens is 342 g/mol. The van der Waals surface area contributed by atoms with Gasteiger partial charge in [-0.25, -0.2) is 0 Å². The molecule has 1 aromatic rings. The van der Waals surface area contributed by atoms with Crippen LogP contribution < -0.4 is 10.2 Å². The Hall–Kier alpha value is -2.08. The van der Waals surface area contributed by atoms with E-state index in [2.05, 4.69) is 31.0 Å². The van der Waals surface area contributed by atoms with Gasteiger partial charge in [0.1, 0.15) is 6.04 Å². The summed E-state index contributed by atoms with van der Waals surface area (Å²) in [6.45, 7) is 10.5. The van der Waals surface area contributed by atoms with Gasteiger partial charge in [0.05, 0.1) is 13.2 Å². The van der Waals surface area contributed by atoms with E-state index in [0.717, 1.165) is 43.7 Å². The van der Waals surface area contributed by atoms with E-state index in [1.807, 2.05) is 29.2 Å². The van der Waals surface area contributed by atoms with Crippen LogP contribution in [0.1, 0.15) is 47.0 Å². The van der Waals surface area contributed by atoms with Gasteiger partial charge in [0.25, 0.3) is 0 Å². The maximum absolute atomic E-state index is 12.5. The van der Waals surface area contributed by atoms with Crippen molar-refractivity contribution in [2.24, 2.45) is 0 Å². The SMILES string of the molecule is CCOC(=O)C1CCCCN1CC(=O)Nc1ccc(N(CC)C(C)C)cc1. The van der Waals surface area contributed by atoms with Crippen LogP contribution in [0.15, 0.2) is 24.3 Å². The molecule has 1 saturated heterocycles. The molecule has 0 spiro atoms. The highest BCUT2D eigenvalue weighted by atomic mass is 16.5. The number of hydrogen-bond donors (Lipinski definition) is 1. The molecule has 1 heterocycles. The van der Waals surface area contributed by atoms with E-state index in [9.17, 15) is 9.59 Å². The van der Waals surface area contributed by atoms with Crippen LogP contribution in [0.25, 0.3) is 0 Å². The minimum absolute atomic E-state index is 0.102. The van der Waals surface area contributed by atoms with Crippen molar-refractivity contribution in [1.29, 1.82) is 0 Å². The number of rotatable bonds is 8. The smallest absolute Gasteiger partial charge is 0.323 e. The van der Waals surface area contributed by atoms with Crippen LogP contribution in [0.4, 0.5) is 11.4 Å². The summed E-state index contributed by atoms with van der Waals surface area (Å²) in [4.78, 5) is 28.8. The number of carbonyl (C=O) groups excluding carboxylic acids is 2. The summed E-state index contributed by atoms with van der Waals surface area (Å²) in [6.07, 6.45) is 2.75. The lowest BCUT2D eigenvalue weighted by atomic mass is 10.0. The summed E-state index contributed by atoms with van der Waals surface area (Å²) in [5.74, 6) is -0.321. The van der Waals surface area contributed by atoms with E-state index in [0.29, 0.717) is 12.6 Å². The van der Waals surface area contributed by atoms with Gasteiger partial charge in [0.2, 0.25) is 5.91 Å². The zero-order chi connectivity index (χ0) is 19.8. The summed E-state index contributed by atoms with van der Waals surface area (Å²) in [7, 11) is 0. The molecule has 1 amide bonds. The maximum Gasteiger partial charge on any atom is 0.323 e. The van der Waals surface area contributed by atoms with E-state index >= 15 is 0 Å². The standard InChI is InChI=1S/C21H33N3O3/c1-5-24(16(3)4)18-12-10-17(11-13-18)22-20(25)15-23-14-8-7-9-19(23)21(26)27-6-2/h10-13,16,19H,5-9,14-15H2,1-4H3,(H,22,25). The molecule has 27 heavy (non-hydrogen) atoms. The Labute approximate surface area is 162 Å². The molecule has 0 aliphatic carbocycles. The number of benzene rings is 1. The summed E-state index contributed by atoms with van der Waals surface area (Å²) in [5, 5.41) is 2.94. The Morgan fingerprint density at radius 1 is 1.22 bits per heavy atom. The molecule has 1 N–H and O–H groups in total. The molecule has 2 rings (SSSR count). The summed E-state index contributed by atoms with van der Waals surface area (Å²) >= 11 is 0. The number of esters is 1. The number of piperidine rings is 1. The van der Waals surface area contributed by atoms with E-state index < -0.39 is 0 Å². The van der Waals surface area contributed by atoms with Crippen molar-refractivity contribution in [3.63, 3.8) is 0 Å². The van der Waals surface area contributed by atoms with Gasteiger partial charge in [-0.1, -0.05) is 6.42 Å². The van der Waals surface area contributed by atoms with Crippen molar-refractivity contribution in [2.45, 2.75) is 59.0 Å². The third-order valence-electron chi connectivity index (χ3n) is 4.97. The average Bonchev–Trinajstić information content (AvgIpc) is 2.64. The van der Waals surface area contributed by atoms with Crippen molar-refractivity contribution in [3.8, 4) is 0 Å². The van der Waals surface area contributed by atoms with Crippen LogP contribution in [0.2, 0.25) is 0 Å². The predicted octanol–water partition coefficient (Wildman–Crippen LogP) is 3.28. The normalized spacial score (nSPS) is 17.6. The average molecular weight is 376 g/mol. The number of ether oxygens (including phenoxy) is 1. The van der Waals surface area contributed by atoms with Gasteiger partial charge in [0, 0.05) is 24.0 Å². The minimum Gasteiger partial charge on any atom is -0.465 e. The van der Waals surface area contributed by atoms with Crippen LogP contribution in [0.5, 0.6) is 0 Å². The molecule has 0 saturated carbocycles. The topological polar surface area (TPSA) is 61.9 Å². The largest absolute Gasteiger partial charge is 0.465 e. The van der Waals surface area contributed by atoms with Crippen LogP contribution in [-0.4, -0.2) is 55.1 Å². The van der Waals surface area contributed by atoms with Gasteiger partial charge in [-0.3, -0.25) is 14.5 Å². The minimum atomic E-state index is -0.309. The van der Waals surface area contributed by atoms with Crippen molar-refractivity contribution >= 4 is 23.3 Å². The fourth-order valence-corrected chi connectivity index (χ4v) is 3.65. The van der Waals surface area contributed by atoms with Crippen LogP contribution in [0, 0.1) is 0 Å². The molecule has 6 nitrogen and oxygen atoms in total. The Morgan fingerprint density at radius 2 is 1.93 bits per heavy atom. The molecule has 0 bridgehead atoms. The van der Waals surface area contributed by atoms with Crippen LogP contribution in [0.3, 0.4) is 0 Å². The molecule has 1 aliphatic heterocycles. The first-order valence-corrected chi connectivity index (χ1v) is 10.0. The van der Waals surface area contributed by atoms with Crippen molar-refractivity contribution < 1.29 is 14.3 Å². The lowest BCUT2D eigenvalue weighted by Gasteiger charge is -2.33. The number of hydrogen-bond acceptors (Lipinski definition) is 5. The second kappa shape index (κ2) is 10.3. The molecule has 1 atom stereocenters. The molecule has 1 aromatic carbocycles. The number of nitrogens with one attached hydrogen (secondary N) is 1. The molecule has 1 aliphatic rings. The molecule has 150 valence electrons. The second-order valence-corrected chi connectivity index (χ2v) is 7.21. The quantitative estimate of drug-likeness (QED) is 0.707. The lowest BCUT2D eigenvalue weighted by Crippen LogP contribution is -2.48. The summed E-state index contributed by atoms with van der Waals surface area (Å²) in [6, 6.07) is 8.03. The first kappa shape index (κ1) is 21.2. The van der Waals surface area contributed by atoms with Gasteiger partial charge in [-0.15, -0.1) is 0 Å². The van der Waals surface area contributed by atoms with Gasteiger partial charge < -0.3 is 15.0 Å². The fraction of sp³-hybridized carbons (Fsp3) is 0.619. The molecule has 0 aromatic heterocycles. The Morgan fingerprint density at radius 3 is 2.52 bits per heavy atom. The monoisotopic (exact) mass is 375 g/mol. The highest BCUT2D eigenvalue weighted by molar-refractivity contribution is 5.92. The predicted molar refractivity (Wildman–Crippen MR) is 109 cm³/mol. The highest BCUT2D eigenvalue weighted by Crippen LogP contribution is 2.21. The Kier molecular flexibility index (Phi) is 8.10. The number of anilines is 2. The molecule has 6 heteroatoms. The zero-order valence-electron chi connectivity index (χ0n) is 17.0. The van der Waals surface area contributed by atoms with Gasteiger partial charge in [-0.05, 0) is 71.3 Å². The van der Waals surface area contributed by atoms with E-state index in [-0.39, 0.29) is 24.5 Å². The number of carbonyl (C=O) groups is 2. The zero-order valence-corrected chi connectivity index (χ0v) is 17.0. The van der Waals surface area contributed by atoms with E-state index in [1.165, 1.54) is 0 Å². The molecule has 1 unspecified atom stereocenters. The van der Waals surface area contributed by atoms with Gasteiger partial charge >= 0.3 is 5.97 Å². The highest BCUT2D eigenvalue weighted by Gasteiger charge is 2.30. The Balaban J connectivity index is 1.95. The number of likely N-dealkylation sites (tertiary alicyclic amines) is 1. The van der Waals surface area contributed by atoms with Crippen molar-refractivity contribution in [3.05, 3.63) is 24.3 Å². The molecular formula is C21H33N3O3. The fourth-order valence-electron chi connectivity index (χ4n) is 3.65.